The summed E-state index contributed by atoms with van der Waals surface area (Å²) in [7, 11) is 3.32. The highest BCUT2D eigenvalue weighted by Gasteiger charge is 2.20. The van der Waals surface area contributed by atoms with Crippen molar-refractivity contribution in [3.05, 3.63) is 17.6 Å². The van der Waals surface area contributed by atoms with Gasteiger partial charge >= 0.3 is 5.97 Å². The second-order valence-electron chi connectivity index (χ2n) is 4.92. The molecule has 0 aliphatic rings. The van der Waals surface area contributed by atoms with Crippen LogP contribution < -0.4 is 4.90 Å². The first-order chi connectivity index (χ1) is 9.45. The van der Waals surface area contributed by atoms with Gasteiger partial charge < -0.3 is 9.64 Å². The van der Waals surface area contributed by atoms with Gasteiger partial charge in [-0.1, -0.05) is 6.92 Å². The van der Waals surface area contributed by atoms with Gasteiger partial charge in [-0.25, -0.2) is 4.98 Å². The minimum Gasteiger partial charge on any atom is -0.469 e. The van der Waals surface area contributed by atoms with Crippen molar-refractivity contribution < 1.29 is 9.53 Å². The summed E-state index contributed by atoms with van der Waals surface area (Å²) in [5.41, 5.74) is 1.92. The van der Waals surface area contributed by atoms with E-state index >= 15 is 0 Å². The molecule has 7 heteroatoms. The largest absolute Gasteiger partial charge is 0.469 e. The lowest BCUT2D eigenvalue weighted by atomic mass is 10.1. The first kappa shape index (κ1) is 14.2. The third-order valence-electron chi connectivity index (χ3n) is 3.39. The van der Waals surface area contributed by atoms with E-state index in [1.807, 2.05) is 32.7 Å². The number of rotatable bonds is 4. The maximum atomic E-state index is 11.5. The zero-order valence-corrected chi connectivity index (χ0v) is 12.4. The second-order valence-corrected chi connectivity index (χ2v) is 4.92. The van der Waals surface area contributed by atoms with Crippen LogP contribution in [0.25, 0.3) is 5.78 Å². The molecule has 0 aliphatic heterocycles. The van der Waals surface area contributed by atoms with Crippen LogP contribution in [0.3, 0.4) is 0 Å². The molecule has 1 unspecified atom stereocenters. The van der Waals surface area contributed by atoms with E-state index in [1.54, 1.807) is 4.52 Å². The average molecular weight is 277 g/mol. The number of aryl methyl sites for hydroxylation is 1. The molecule has 2 aromatic heterocycles. The molecule has 0 saturated heterocycles. The molecule has 0 spiro atoms. The van der Waals surface area contributed by atoms with Gasteiger partial charge in [0.1, 0.15) is 12.1 Å². The molecule has 0 radical (unpaired) electrons. The Morgan fingerprint density at radius 1 is 1.50 bits per heavy atom. The molecule has 7 nitrogen and oxygen atoms in total. The molecule has 2 rings (SSSR count). The van der Waals surface area contributed by atoms with E-state index < -0.39 is 0 Å². The smallest absolute Gasteiger partial charge is 0.310 e. The maximum absolute atomic E-state index is 11.5. The highest BCUT2D eigenvalue weighted by atomic mass is 16.5. The number of aromatic nitrogens is 4. The predicted molar refractivity (Wildman–Crippen MR) is 74.7 cm³/mol. The molecule has 0 aliphatic carbocycles. The normalized spacial score (nSPS) is 12.4. The molecule has 0 N–H and O–H groups in total. The number of ether oxygens (including phenoxy) is 1. The Kier molecular flexibility index (Phi) is 3.87. The average Bonchev–Trinajstić information content (AvgIpc) is 2.86. The van der Waals surface area contributed by atoms with E-state index in [1.165, 1.54) is 13.4 Å². The van der Waals surface area contributed by atoms with Crippen LogP contribution in [-0.4, -0.2) is 46.3 Å². The summed E-state index contributed by atoms with van der Waals surface area (Å²) in [5, 5.41) is 4.20. The van der Waals surface area contributed by atoms with Gasteiger partial charge in [0.15, 0.2) is 0 Å². The number of hydrogen-bond acceptors (Lipinski definition) is 6. The van der Waals surface area contributed by atoms with E-state index in [2.05, 4.69) is 15.1 Å². The lowest BCUT2D eigenvalue weighted by molar-refractivity contribution is -0.144. The number of hydrogen-bond donors (Lipinski definition) is 0. The topological polar surface area (TPSA) is 72.6 Å². The minimum absolute atomic E-state index is 0.226. The third kappa shape index (κ3) is 2.43. The van der Waals surface area contributed by atoms with Crippen LogP contribution in [-0.2, 0) is 9.53 Å². The fourth-order valence-electron chi connectivity index (χ4n) is 2.24. The minimum atomic E-state index is -0.227. The van der Waals surface area contributed by atoms with E-state index in [0.717, 1.165) is 17.1 Å². The van der Waals surface area contributed by atoms with Crippen LogP contribution in [0.15, 0.2) is 6.33 Å². The number of carbonyl (C=O) groups excluding carboxylic acids is 1. The monoisotopic (exact) mass is 277 g/mol. The molecule has 2 heterocycles. The van der Waals surface area contributed by atoms with Gasteiger partial charge in [-0.3, -0.25) is 4.79 Å². The Bertz CT molecular complexity index is 637. The molecule has 1 atom stereocenters. The van der Waals surface area contributed by atoms with Crippen LogP contribution in [0.4, 0.5) is 5.82 Å². The van der Waals surface area contributed by atoms with Crippen molar-refractivity contribution >= 4 is 17.6 Å². The lowest BCUT2D eigenvalue weighted by Crippen LogP contribution is -2.31. The molecule has 108 valence electrons. The predicted octanol–water partition coefficient (Wildman–Crippen LogP) is 0.986. The fourth-order valence-corrected chi connectivity index (χ4v) is 2.24. The number of methoxy groups -OCH3 is 1. The summed E-state index contributed by atoms with van der Waals surface area (Å²) < 4.78 is 6.45. The first-order valence-corrected chi connectivity index (χ1v) is 6.41. The molecule has 20 heavy (non-hydrogen) atoms. The van der Waals surface area contributed by atoms with Crippen LogP contribution in [0, 0.1) is 19.8 Å². The molecule has 0 aromatic carbocycles. The summed E-state index contributed by atoms with van der Waals surface area (Å²) in [6.45, 7) is 6.29. The Labute approximate surface area is 117 Å². The number of carbonyl (C=O) groups is 1. The summed E-state index contributed by atoms with van der Waals surface area (Å²) in [4.78, 5) is 22.0. The molecule has 0 fully saturated rings. The van der Waals surface area contributed by atoms with E-state index in [-0.39, 0.29) is 11.9 Å². The van der Waals surface area contributed by atoms with Gasteiger partial charge in [0.25, 0.3) is 5.78 Å². The Morgan fingerprint density at radius 3 is 2.85 bits per heavy atom. The quantitative estimate of drug-likeness (QED) is 0.776. The Morgan fingerprint density at radius 2 is 2.20 bits per heavy atom. The second kappa shape index (κ2) is 5.44. The zero-order chi connectivity index (χ0) is 14.9. The van der Waals surface area contributed by atoms with Crippen LogP contribution in [0.1, 0.15) is 18.2 Å². The Balaban J connectivity index is 2.38. The van der Waals surface area contributed by atoms with Gasteiger partial charge in [0.2, 0.25) is 0 Å². The summed E-state index contributed by atoms with van der Waals surface area (Å²) in [5.74, 6) is 0.994. The highest BCUT2D eigenvalue weighted by molar-refractivity contribution is 5.72. The van der Waals surface area contributed by atoms with Gasteiger partial charge in [0.05, 0.1) is 13.0 Å². The SMILES string of the molecule is COC(=O)C(C)CN(C)c1c(C)c(C)nc2ncnn12. The van der Waals surface area contributed by atoms with Crippen LogP contribution >= 0.6 is 0 Å². The summed E-state index contributed by atoms with van der Waals surface area (Å²) in [6, 6.07) is 0. The molecular formula is C13H19N5O2. The molecule has 0 bridgehead atoms. The van der Waals surface area contributed by atoms with Gasteiger partial charge in [-0.05, 0) is 13.8 Å². The molecule has 0 saturated carbocycles. The Hall–Kier alpha value is -2.18. The van der Waals surface area contributed by atoms with Crippen LogP contribution in [0.5, 0.6) is 0 Å². The van der Waals surface area contributed by atoms with Crippen molar-refractivity contribution in [1.82, 2.24) is 19.6 Å². The number of esters is 1. The fraction of sp³-hybridized carbons (Fsp3) is 0.538. The summed E-state index contributed by atoms with van der Waals surface area (Å²) in [6.07, 6.45) is 1.47. The maximum Gasteiger partial charge on any atom is 0.310 e. The standard InChI is InChI=1S/C13H19N5O2/c1-8(12(19)20-5)6-17(4)11-9(2)10(3)16-13-14-7-15-18(11)13/h7-8H,6H2,1-5H3. The number of fused-ring (bicyclic) bond motifs is 1. The molecule has 0 amide bonds. The van der Waals surface area contributed by atoms with Crippen molar-refractivity contribution in [3.63, 3.8) is 0 Å². The van der Waals surface area contributed by atoms with E-state index in [0.29, 0.717) is 12.3 Å². The van der Waals surface area contributed by atoms with E-state index in [4.69, 9.17) is 4.74 Å². The van der Waals surface area contributed by atoms with Gasteiger partial charge in [-0.15, -0.1) is 0 Å². The molecular weight excluding hydrogens is 258 g/mol. The zero-order valence-electron chi connectivity index (χ0n) is 12.4. The third-order valence-corrected chi connectivity index (χ3v) is 3.39. The lowest BCUT2D eigenvalue weighted by Gasteiger charge is -2.24. The molecule has 2 aromatic rings. The van der Waals surface area contributed by atoms with Crippen molar-refractivity contribution in [2.45, 2.75) is 20.8 Å². The van der Waals surface area contributed by atoms with Crippen molar-refractivity contribution in [1.29, 1.82) is 0 Å². The van der Waals surface area contributed by atoms with Gasteiger partial charge in [-0.2, -0.15) is 14.6 Å². The number of anilines is 1. The first-order valence-electron chi connectivity index (χ1n) is 6.41. The van der Waals surface area contributed by atoms with Crippen molar-refractivity contribution in [3.8, 4) is 0 Å². The van der Waals surface area contributed by atoms with Gasteiger partial charge in [0, 0.05) is 24.8 Å². The number of nitrogens with zero attached hydrogens (tertiary/aromatic N) is 5. The summed E-state index contributed by atoms with van der Waals surface area (Å²) >= 11 is 0. The van der Waals surface area contributed by atoms with Crippen LogP contribution in [0.2, 0.25) is 0 Å². The van der Waals surface area contributed by atoms with Crippen molar-refractivity contribution in [2.24, 2.45) is 5.92 Å². The van der Waals surface area contributed by atoms with Crippen molar-refractivity contribution in [2.75, 3.05) is 25.6 Å². The highest BCUT2D eigenvalue weighted by Crippen LogP contribution is 2.22. The van der Waals surface area contributed by atoms with E-state index in [9.17, 15) is 4.79 Å².